The van der Waals surface area contributed by atoms with Crippen molar-refractivity contribution < 1.29 is 5.11 Å². The molecule has 3 N–H and O–H groups in total. The van der Waals surface area contributed by atoms with Gasteiger partial charge in [-0.25, -0.2) is 4.98 Å². The Morgan fingerprint density at radius 1 is 1.32 bits per heavy atom. The fourth-order valence-electron chi connectivity index (χ4n) is 3.88. The predicted molar refractivity (Wildman–Crippen MR) is 110 cm³/mol. The van der Waals surface area contributed by atoms with E-state index in [0.29, 0.717) is 6.04 Å². The summed E-state index contributed by atoms with van der Waals surface area (Å²) in [4.78, 5) is 7.20. The fourth-order valence-corrected chi connectivity index (χ4v) is 4.76. The topological polar surface area (TPSA) is 62.4 Å². The molecule has 1 aromatic heterocycles. The van der Waals surface area contributed by atoms with Crippen LogP contribution < -0.4 is 10.6 Å². The number of aromatic nitrogens is 1. The second-order valence-electron chi connectivity index (χ2n) is 7.34. The summed E-state index contributed by atoms with van der Waals surface area (Å²) in [5, 5.41) is 13.8. The maximum Gasteiger partial charge on any atom is 0.185 e. The lowest BCUT2D eigenvalue weighted by atomic mass is 9.80. The van der Waals surface area contributed by atoms with E-state index in [2.05, 4.69) is 28.5 Å². The largest absolute Gasteiger partial charge is 0.385 e. The summed E-state index contributed by atoms with van der Waals surface area (Å²) < 4.78 is 0. The molecular formula is C19H26BrN3OS. The van der Waals surface area contributed by atoms with Gasteiger partial charge in [0.2, 0.25) is 0 Å². The molecule has 0 spiro atoms. The first kappa shape index (κ1) is 18.8. The van der Waals surface area contributed by atoms with Crippen molar-refractivity contribution in [3.8, 4) is 11.3 Å². The molecule has 136 valence electrons. The molecule has 0 saturated carbocycles. The van der Waals surface area contributed by atoms with Crippen molar-refractivity contribution >= 4 is 33.4 Å². The van der Waals surface area contributed by atoms with Crippen LogP contribution in [0.25, 0.3) is 11.3 Å². The molecule has 6 heteroatoms. The van der Waals surface area contributed by atoms with Crippen molar-refractivity contribution in [2.24, 2.45) is 5.73 Å². The Balaban J connectivity index is 0.00000182. The van der Waals surface area contributed by atoms with Gasteiger partial charge in [-0.2, -0.15) is 0 Å². The van der Waals surface area contributed by atoms with Crippen LogP contribution in [-0.4, -0.2) is 29.2 Å². The van der Waals surface area contributed by atoms with Gasteiger partial charge < -0.3 is 15.7 Å². The molecule has 1 aliphatic carbocycles. The zero-order valence-electron chi connectivity index (χ0n) is 14.6. The molecule has 2 aromatic rings. The van der Waals surface area contributed by atoms with Crippen molar-refractivity contribution in [3.63, 3.8) is 0 Å². The monoisotopic (exact) mass is 423 g/mol. The molecule has 2 heterocycles. The van der Waals surface area contributed by atoms with Gasteiger partial charge in [0, 0.05) is 30.1 Å². The summed E-state index contributed by atoms with van der Waals surface area (Å²) in [5.41, 5.74) is 9.85. The lowest BCUT2D eigenvalue weighted by Gasteiger charge is -2.31. The lowest BCUT2D eigenvalue weighted by molar-refractivity contribution is 0.0387. The third-order valence-electron chi connectivity index (χ3n) is 5.39. The van der Waals surface area contributed by atoms with Crippen molar-refractivity contribution in [1.29, 1.82) is 0 Å². The number of aliphatic hydroxyl groups is 1. The first-order valence-electron chi connectivity index (χ1n) is 8.85. The van der Waals surface area contributed by atoms with Gasteiger partial charge in [0.05, 0.1) is 11.3 Å². The van der Waals surface area contributed by atoms with Gasteiger partial charge >= 0.3 is 0 Å². The molecule has 4 rings (SSSR count). The van der Waals surface area contributed by atoms with Crippen LogP contribution >= 0.6 is 28.3 Å². The summed E-state index contributed by atoms with van der Waals surface area (Å²) in [5.74, 6) is 0. The van der Waals surface area contributed by atoms with Gasteiger partial charge in [-0.3, -0.25) is 0 Å². The van der Waals surface area contributed by atoms with E-state index in [0.717, 1.165) is 67.1 Å². The summed E-state index contributed by atoms with van der Waals surface area (Å²) in [6, 6.07) is 6.74. The molecule has 0 bridgehead atoms. The fraction of sp³-hybridized carbons (Fsp3) is 0.526. The van der Waals surface area contributed by atoms with Crippen LogP contribution in [-0.2, 0) is 12.0 Å². The summed E-state index contributed by atoms with van der Waals surface area (Å²) in [6.45, 7) is 3.93. The Hall–Kier alpha value is -0.950. The summed E-state index contributed by atoms with van der Waals surface area (Å²) in [7, 11) is 0. The van der Waals surface area contributed by atoms with Crippen molar-refractivity contribution in [2.45, 2.75) is 50.7 Å². The molecule has 1 saturated heterocycles. The quantitative estimate of drug-likeness (QED) is 0.769. The first-order chi connectivity index (χ1) is 11.5. The molecule has 1 fully saturated rings. The number of thiazole rings is 1. The second kappa shape index (κ2) is 7.35. The normalized spacial score (nSPS) is 23.9. The molecule has 1 aromatic carbocycles. The number of hydrogen-bond donors (Lipinski definition) is 2. The highest BCUT2D eigenvalue weighted by atomic mass is 79.9. The Labute approximate surface area is 163 Å². The van der Waals surface area contributed by atoms with Gasteiger partial charge in [0.25, 0.3) is 0 Å². The number of piperidine rings is 1. The number of rotatable bonds is 2. The molecule has 25 heavy (non-hydrogen) atoms. The van der Waals surface area contributed by atoms with Gasteiger partial charge in [0.15, 0.2) is 5.13 Å². The van der Waals surface area contributed by atoms with E-state index in [1.54, 1.807) is 11.3 Å². The Kier molecular flexibility index (Phi) is 5.54. The van der Waals surface area contributed by atoms with E-state index in [1.165, 1.54) is 5.56 Å². The number of nitrogens with zero attached hydrogens (tertiary/aromatic N) is 2. The average Bonchev–Trinajstić information content (AvgIpc) is 3.05. The second-order valence-corrected chi connectivity index (χ2v) is 8.18. The van der Waals surface area contributed by atoms with Crippen molar-refractivity contribution in [2.75, 3.05) is 18.0 Å². The number of nitrogens with two attached hydrogens (primary N) is 1. The number of aryl methyl sites for hydroxylation is 1. The molecule has 1 atom stereocenters. The Morgan fingerprint density at radius 2 is 2.08 bits per heavy atom. The average molecular weight is 424 g/mol. The van der Waals surface area contributed by atoms with Crippen LogP contribution in [0.15, 0.2) is 23.6 Å². The number of hydrogen-bond acceptors (Lipinski definition) is 5. The van der Waals surface area contributed by atoms with Crippen molar-refractivity contribution in [3.05, 3.63) is 34.7 Å². The molecule has 0 radical (unpaired) electrons. The minimum absolute atomic E-state index is 0. The van der Waals surface area contributed by atoms with Crippen LogP contribution in [0.2, 0.25) is 0 Å². The minimum atomic E-state index is -0.689. The summed E-state index contributed by atoms with van der Waals surface area (Å²) >= 11 is 1.71. The van der Waals surface area contributed by atoms with E-state index >= 15 is 0 Å². The summed E-state index contributed by atoms with van der Waals surface area (Å²) in [6.07, 6.45) is 5.02. The Morgan fingerprint density at radius 3 is 2.84 bits per heavy atom. The third kappa shape index (κ3) is 3.77. The SMILES string of the molecule is Br.CC1(O)CCCc2cc(-c3csc(N4CCC(N)CC4)n3)ccc21. The van der Waals surface area contributed by atoms with Crippen LogP contribution in [0.4, 0.5) is 5.13 Å². The van der Waals surface area contributed by atoms with Crippen molar-refractivity contribution in [1.82, 2.24) is 4.98 Å². The third-order valence-corrected chi connectivity index (χ3v) is 6.29. The zero-order chi connectivity index (χ0) is 16.7. The standard InChI is InChI=1S/C19H25N3OS.BrH/c1-19(23)8-2-3-13-11-14(4-5-16(13)19)17-12-24-18(21-17)22-9-6-15(20)7-10-22;/h4-5,11-12,15,23H,2-3,6-10,20H2,1H3;1H. The highest BCUT2D eigenvalue weighted by molar-refractivity contribution is 8.93. The van der Waals surface area contributed by atoms with Gasteiger partial charge in [-0.1, -0.05) is 12.1 Å². The van der Waals surface area contributed by atoms with Gasteiger partial charge in [-0.05, 0) is 56.2 Å². The highest BCUT2D eigenvalue weighted by Crippen LogP contribution is 2.37. The first-order valence-corrected chi connectivity index (χ1v) is 9.73. The van der Waals surface area contributed by atoms with E-state index in [4.69, 9.17) is 10.7 Å². The predicted octanol–water partition coefficient (Wildman–Crippen LogP) is 3.86. The van der Waals surface area contributed by atoms with Crippen LogP contribution in [0.5, 0.6) is 0 Å². The smallest absolute Gasteiger partial charge is 0.185 e. The molecule has 2 aliphatic rings. The van der Waals surface area contributed by atoms with E-state index < -0.39 is 5.60 Å². The van der Waals surface area contributed by atoms with Gasteiger partial charge in [0.1, 0.15) is 0 Å². The number of halogens is 1. The maximum absolute atomic E-state index is 10.6. The number of fused-ring (bicyclic) bond motifs is 1. The van der Waals surface area contributed by atoms with E-state index in [1.807, 2.05) is 6.92 Å². The Bertz CT molecular complexity index is 738. The molecule has 1 aliphatic heterocycles. The van der Waals surface area contributed by atoms with Crippen LogP contribution in [0.3, 0.4) is 0 Å². The van der Waals surface area contributed by atoms with Gasteiger partial charge in [-0.15, -0.1) is 28.3 Å². The van der Waals surface area contributed by atoms with E-state index in [-0.39, 0.29) is 17.0 Å². The maximum atomic E-state index is 10.6. The number of benzene rings is 1. The minimum Gasteiger partial charge on any atom is -0.385 e. The molecule has 1 unspecified atom stereocenters. The van der Waals surface area contributed by atoms with E-state index in [9.17, 15) is 5.11 Å². The zero-order valence-corrected chi connectivity index (χ0v) is 17.1. The van der Waals surface area contributed by atoms with Crippen LogP contribution in [0, 0.1) is 0 Å². The highest BCUT2D eigenvalue weighted by Gasteiger charge is 2.29. The molecule has 0 amide bonds. The molecule has 4 nitrogen and oxygen atoms in total. The lowest BCUT2D eigenvalue weighted by Crippen LogP contribution is -2.39. The van der Waals surface area contributed by atoms with Crippen LogP contribution in [0.1, 0.15) is 43.7 Å². The molecular weight excluding hydrogens is 398 g/mol. The number of anilines is 1.